The maximum absolute atomic E-state index is 12.3. The summed E-state index contributed by atoms with van der Waals surface area (Å²) in [7, 11) is -3.81. The molecule has 1 aromatic rings. The van der Waals surface area contributed by atoms with Crippen molar-refractivity contribution in [3.8, 4) is 6.07 Å². The Morgan fingerprint density at radius 3 is 2.74 bits per heavy atom. The molecule has 6 nitrogen and oxygen atoms in total. The van der Waals surface area contributed by atoms with E-state index in [1.54, 1.807) is 12.1 Å². The molecule has 1 heterocycles. The number of β-amino-alcohol motifs (C(OH)–C–C–N with tert-alkyl or cyclic N) is 1. The van der Waals surface area contributed by atoms with Crippen molar-refractivity contribution in [3.05, 3.63) is 29.8 Å². The summed E-state index contributed by atoms with van der Waals surface area (Å²) in [5.41, 5.74) is 0.0940. The van der Waals surface area contributed by atoms with Crippen molar-refractivity contribution in [2.75, 3.05) is 19.6 Å². The van der Waals surface area contributed by atoms with Crippen LogP contribution in [-0.2, 0) is 10.0 Å². The fourth-order valence-electron chi connectivity index (χ4n) is 3.05. The van der Waals surface area contributed by atoms with Crippen LogP contribution in [-0.4, -0.2) is 50.2 Å². The number of benzene rings is 1. The highest BCUT2D eigenvalue weighted by Crippen LogP contribution is 2.22. The summed E-state index contributed by atoms with van der Waals surface area (Å²) in [4.78, 5) is 2.12. The SMILES string of the molecule is CC1CC(C)N(C[C@@H](O)CNS(=O)(=O)c2ccccc2C#N)C1. The number of rotatable bonds is 6. The van der Waals surface area contributed by atoms with Gasteiger partial charge >= 0.3 is 0 Å². The second-order valence-corrected chi connectivity index (χ2v) is 7.99. The van der Waals surface area contributed by atoms with Crippen molar-refractivity contribution >= 4 is 10.0 Å². The second kappa shape index (κ2) is 7.41. The topological polar surface area (TPSA) is 93.4 Å². The fraction of sp³-hybridized carbons (Fsp3) is 0.562. The summed E-state index contributed by atoms with van der Waals surface area (Å²) in [5, 5.41) is 19.1. The lowest BCUT2D eigenvalue weighted by Gasteiger charge is -2.24. The molecule has 7 heteroatoms. The van der Waals surface area contributed by atoms with Gasteiger partial charge in [0, 0.05) is 25.7 Å². The number of nitrogens with zero attached hydrogens (tertiary/aromatic N) is 2. The van der Waals surface area contributed by atoms with Crippen LogP contribution >= 0.6 is 0 Å². The molecule has 126 valence electrons. The molecule has 2 N–H and O–H groups in total. The van der Waals surface area contributed by atoms with Crippen molar-refractivity contribution in [3.63, 3.8) is 0 Å². The monoisotopic (exact) mass is 337 g/mol. The Kier molecular flexibility index (Phi) is 5.76. The van der Waals surface area contributed by atoms with E-state index < -0.39 is 16.1 Å². The molecule has 0 aromatic heterocycles. The van der Waals surface area contributed by atoms with Gasteiger partial charge in [0.15, 0.2) is 0 Å². The van der Waals surface area contributed by atoms with Crippen LogP contribution in [0.1, 0.15) is 25.8 Å². The van der Waals surface area contributed by atoms with Crippen molar-refractivity contribution < 1.29 is 13.5 Å². The molecule has 0 spiro atoms. The summed E-state index contributed by atoms with van der Waals surface area (Å²) < 4.78 is 27.0. The second-order valence-electron chi connectivity index (χ2n) is 6.26. The van der Waals surface area contributed by atoms with Gasteiger partial charge in [0.05, 0.1) is 16.6 Å². The summed E-state index contributed by atoms with van der Waals surface area (Å²) >= 11 is 0. The average Bonchev–Trinajstić information content (AvgIpc) is 2.83. The molecular weight excluding hydrogens is 314 g/mol. The molecule has 0 radical (unpaired) electrons. The molecule has 0 saturated carbocycles. The predicted octanol–water partition coefficient (Wildman–Crippen LogP) is 0.928. The average molecular weight is 337 g/mol. The van der Waals surface area contributed by atoms with Gasteiger partial charge in [-0.1, -0.05) is 19.1 Å². The molecule has 2 rings (SSSR count). The van der Waals surface area contributed by atoms with E-state index in [0.717, 1.165) is 13.0 Å². The molecule has 1 aromatic carbocycles. The molecule has 0 amide bonds. The lowest BCUT2D eigenvalue weighted by atomic mass is 10.1. The molecule has 2 unspecified atom stereocenters. The lowest BCUT2D eigenvalue weighted by molar-refractivity contribution is 0.111. The molecule has 23 heavy (non-hydrogen) atoms. The summed E-state index contributed by atoms with van der Waals surface area (Å²) in [6.45, 7) is 5.57. The van der Waals surface area contributed by atoms with Gasteiger partial charge in [-0.15, -0.1) is 0 Å². The summed E-state index contributed by atoms with van der Waals surface area (Å²) in [6.07, 6.45) is 0.306. The normalized spacial score (nSPS) is 23.6. The van der Waals surface area contributed by atoms with E-state index in [1.807, 2.05) is 6.07 Å². The van der Waals surface area contributed by atoms with E-state index >= 15 is 0 Å². The Morgan fingerprint density at radius 2 is 2.13 bits per heavy atom. The minimum atomic E-state index is -3.81. The highest BCUT2D eigenvalue weighted by atomic mass is 32.2. The quantitative estimate of drug-likeness (QED) is 0.805. The largest absolute Gasteiger partial charge is 0.390 e. The van der Waals surface area contributed by atoms with Gasteiger partial charge in [-0.25, -0.2) is 13.1 Å². The number of aliphatic hydroxyl groups is 1. The van der Waals surface area contributed by atoms with Crippen LogP contribution in [0.4, 0.5) is 0 Å². The molecule has 3 atom stereocenters. The first kappa shape index (κ1) is 17.9. The van der Waals surface area contributed by atoms with Crippen LogP contribution in [0, 0.1) is 17.2 Å². The van der Waals surface area contributed by atoms with E-state index in [9.17, 15) is 13.5 Å². The molecular formula is C16H23N3O3S. The molecule has 1 aliphatic rings. The van der Waals surface area contributed by atoms with Crippen molar-refractivity contribution in [2.24, 2.45) is 5.92 Å². The third-order valence-electron chi connectivity index (χ3n) is 4.16. The highest BCUT2D eigenvalue weighted by molar-refractivity contribution is 7.89. The summed E-state index contributed by atoms with van der Waals surface area (Å²) in [5.74, 6) is 0.594. The van der Waals surface area contributed by atoms with Gasteiger partial charge in [-0.2, -0.15) is 5.26 Å². The van der Waals surface area contributed by atoms with Crippen molar-refractivity contribution in [1.29, 1.82) is 5.26 Å². The van der Waals surface area contributed by atoms with Crippen LogP contribution < -0.4 is 4.72 Å². The zero-order chi connectivity index (χ0) is 17.0. The number of sulfonamides is 1. The highest BCUT2D eigenvalue weighted by Gasteiger charge is 2.28. The molecule has 1 fully saturated rings. The minimum absolute atomic E-state index is 0.0575. The third-order valence-corrected chi connectivity index (χ3v) is 5.65. The van der Waals surface area contributed by atoms with Crippen LogP contribution in [0.25, 0.3) is 0 Å². The first-order valence-corrected chi connectivity index (χ1v) is 9.22. The number of aliphatic hydroxyl groups excluding tert-OH is 1. The van der Waals surface area contributed by atoms with Gasteiger partial charge in [0.2, 0.25) is 10.0 Å². The first-order valence-electron chi connectivity index (χ1n) is 7.74. The number of nitrogens with one attached hydrogen (secondary N) is 1. The van der Waals surface area contributed by atoms with Gasteiger partial charge in [-0.05, 0) is 31.4 Å². The smallest absolute Gasteiger partial charge is 0.241 e. The molecule has 0 bridgehead atoms. The van der Waals surface area contributed by atoms with Crippen LogP contribution in [0.2, 0.25) is 0 Å². The third kappa shape index (κ3) is 4.52. The van der Waals surface area contributed by atoms with Crippen molar-refractivity contribution in [1.82, 2.24) is 9.62 Å². The van der Waals surface area contributed by atoms with Gasteiger partial charge in [0.25, 0.3) is 0 Å². The maximum Gasteiger partial charge on any atom is 0.241 e. The molecule has 0 aliphatic carbocycles. The molecule has 1 aliphatic heterocycles. The van der Waals surface area contributed by atoms with Gasteiger partial charge < -0.3 is 5.11 Å². The zero-order valence-corrected chi connectivity index (χ0v) is 14.3. The molecule has 1 saturated heterocycles. The number of hydrogen-bond acceptors (Lipinski definition) is 5. The Hall–Kier alpha value is -1.46. The standard InChI is InChI=1S/C16H23N3O3S/c1-12-7-13(2)19(10-12)11-15(20)9-18-23(21,22)16-6-4-3-5-14(16)8-17/h3-6,12-13,15,18,20H,7,9-11H2,1-2H3/t12?,13?,15-/m0/s1. The Balaban J connectivity index is 1.95. The summed E-state index contributed by atoms with van der Waals surface area (Å²) in [6, 6.07) is 8.29. The van der Waals surface area contributed by atoms with Crippen molar-refractivity contribution in [2.45, 2.75) is 37.3 Å². The van der Waals surface area contributed by atoms with Crippen LogP contribution in [0.15, 0.2) is 29.2 Å². The Labute approximate surface area is 137 Å². The lowest BCUT2D eigenvalue weighted by Crippen LogP contribution is -2.41. The Morgan fingerprint density at radius 1 is 1.43 bits per heavy atom. The number of likely N-dealkylation sites (tertiary alicyclic amines) is 1. The van der Waals surface area contributed by atoms with Crippen LogP contribution in [0.3, 0.4) is 0 Å². The maximum atomic E-state index is 12.3. The van der Waals surface area contributed by atoms with E-state index in [1.165, 1.54) is 12.1 Å². The first-order chi connectivity index (χ1) is 10.8. The number of nitriles is 1. The minimum Gasteiger partial charge on any atom is -0.390 e. The van der Waals surface area contributed by atoms with Gasteiger partial charge in [0.1, 0.15) is 6.07 Å². The Bertz CT molecular complexity index is 684. The predicted molar refractivity (Wildman–Crippen MR) is 87.2 cm³/mol. The van der Waals surface area contributed by atoms with E-state index in [-0.39, 0.29) is 17.0 Å². The fourth-order valence-corrected chi connectivity index (χ4v) is 4.28. The van der Waals surface area contributed by atoms with E-state index in [4.69, 9.17) is 5.26 Å². The zero-order valence-electron chi connectivity index (χ0n) is 13.4. The van der Waals surface area contributed by atoms with Crippen LogP contribution in [0.5, 0.6) is 0 Å². The number of hydrogen-bond donors (Lipinski definition) is 2. The van der Waals surface area contributed by atoms with E-state index in [2.05, 4.69) is 23.5 Å². The van der Waals surface area contributed by atoms with E-state index in [0.29, 0.717) is 18.5 Å². The van der Waals surface area contributed by atoms with Gasteiger partial charge in [-0.3, -0.25) is 4.90 Å².